The SMILES string of the molecule is CCCCC[C@H](CC(=O)N[C@@H](Cc1ccc(O)cc1)C(=O)N[C@@H](C)C(=O)O)OC(=O)[C@H](N)[C@@H](C)CC. The van der Waals surface area contributed by atoms with Crippen LogP contribution in [0.5, 0.6) is 5.75 Å². The van der Waals surface area contributed by atoms with Gasteiger partial charge in [-0.1, -0.05) is 52.2 Å². The van der Waals surface area contributed by atoms with Crippen LogP contribution in [-0.2, 0) is 30.3 Å². The van der Waals surface area contributed by atoms with Gasteiger partial charge in [-0.2, -0.15) is 0 Å². The number of carbonyl (C=O) groups excluding carboxylic acids is 3. The number of aliphatic carboxylic acids is 1. The predicted octanol–water partition coefficient (Wildman–Crippen LogP) is 2.26. The van der Waals surface area contributed by atoms with Gasteiger partial charge in [-0.25, -0.2) is 0 Å². The first kappa shape index (κ1) is 30.9. The molecule has 2 amide bonds. The van der Waals surface area contributed by atoms with Crippen LogP contribution in [0.1, 0.15) is 71.8 Å². The molecule has 0 aliphatic heterocycles. The highest BCUT2D eigenvalue weighted by Crippen LogP contribution is 2.16. The minimum absolute atomic E-state index is 0.0515. The van der Waals surface area contributed by atoms with E-state index in [0.717, 1.165) is 19.3 Å². The van der Waals surface area contributed by atoms with Crippen LogP contribution >= 0.6 is 0 Å². The zero-order valence-corrected chi connectivity index (χ0v) is 21.7. The number of amides is 2. The number of hydrogen-bond acceptors (Lipinski definition) is 7. The number of nitrogens with two attached hydrogens (primary N) is 1. The minimum atomic E-state index is -1.21. The average molecular weight is 508 g/mol. The Bertz CT molecular complexity index is 860. The van der Waals surface area contributed by atoms with Crippen molar-refractivity contribution in [2.45, 2.75) is 96.9 Å². The van der Waals surface area contributed by atoms with Crippen LogP contribution in [0.3, 0.4) is 0 Å². The number of benzene rings is 1. The van der Waals surface area contributed by atoms with Crippen LogP contribution in [0.25, 0.3) is 0 Å². The zero-order valence-electron chi connectivity index (χ0n) is 21.7. The molecule has 1 aromatic carbocycles. The van der Waals surface area contributed by atoms with Gasteiger partial charge < -0.3 is 31.3 Å². The summed E-state index contributed by atoms with van der Waals surface area (Å²) in [5, 5.41) is 23.7. The lowest BCUT2D eigenvalue weighted by Crippen LogP contribution is -2.52. The number of nitrogens with one attached hydrogen (secondary N) is 2. The highest BCUT2D eigenvalue weighted by atomic mass is 16.5. The highest BCUT2D eigenvalue weighted by molar-refractivity contribution is 5.90. The lowest BCUT2D eigenvalue weighted by Gasteiger charge is -2.24. The summed E-state index contributed by atoms with van der Waals surface area (Å²) in [5.74, 6) is -2.97. The van der Waals surface area contributed by atoms with Gasteiger partial charge in [0.2, 0.25) is 11.8 Å². The summed E-state index contributed by atoms with van der Waals surface area (Å²) < 4.78 is 5.59. The summed E-state index contributed by atoms with van der Waals surface area (Å²) >= 11 is 0. The molecule has 0 unspecified atom stereocenters. The summed E-state index contributed by atoms with van der Waals surface area (Å²) in [5.41, 5.74) is 6.65. The fourth-order valence-corrected chi connectivity index (χ4v) is 3.47. The van der Waals surface area contributed by atoms with E-state index < -0.39 is 48.0 Å². The molecule has 0 aliphatic rings. The van der Waals surface area contributed by atoms with E-state index in [-0.39, 0.29) is 24.5 Å². The summed E-state index contributed by atoms with van der Waals surface area (Å²) in [7, 11) is 0. The largest absolute Gasteiger partial charge is 0.508 e. The summed E-state index contributed by atoms with van der Waals surface area (Å²) in [6.07, 6.45) is 3.02. The molecule has 10 nitrogen and oxygen atoms in total. The molecule has 6 N–H and O–H groups in total. The van der Waals surface area contributed by atoms with Crippen molar-refractivity contribution in [1.82, 2.24) is 10.6 Å². The van der Waals surface area contributed by atoms with Gasteiger partial charge >= 0.3 is 11.9 Å². The van der Waals surface area contributed by atoms with Gasteiger partial charge in [-0.05, 0) is 43.4 Å². The van der Waals surface area contributed by atoms with Gasteiger partial charge in [0.1, 0.15) is 30.0 Å². The number of carboxylic acid groups (broad SMARTS) is 1. The Labute approximate surface area is 213 Å². The monoisotopic (exact) mass is 507 g/mol. The van der Waals surface area contributed by atoms with E-state index in [9.17, 15) is 24.3 Å². The van der Waals surface area contributed by atoms with E-state index in [1.54, 1.807) is 12.1 Å². The second kappa shape index (κ2) is 15.8. The molecule has 36 heavy (non-hydrogen) atoms. The predicted molar refractivity (Wildman–Crippen MR) is 135 cm³/mol. The first-order chi connectivity index (χ1) is 17.0. The number of carbonyl (C=O) groups is 4. The van der Waals surface area contributed by atoms with Crippen LogP contribution in [0.15, 0.2) is 24.3 Å². The molecule has 202 valence electrons. The maximum absolute atomic E-state index is 12.9. The van der Waals surface area contributed by atoms with Crippen molar-refractivity contribution in [2.24, 2.45) is 11.7 Å². The number of rotatable bonds is 16. The average Bonchev–Trinajstić information content (AvgIpc) is 2.83. The molecule has 0 saturated heterocycles. The topological polar surface area (TPSA) is 168 Å². The smallest absolute Gasteiger partial charge is 0.325 e. The van der Waals surface area contributed by atoms with E-state index in [1.807, 2.05) is 20.8 Å². The van der Waals surface area contributed by atoms with E-state index in [0.29, 0.717) is 18.4 Å². The summed E-state index contributed by atoms with van der Waals surface area (Å²) in [6, 6.07) is 3.10. The quantitative estimate of drug-likeness (QED) is 0.168. The maximum atomic E-state index is 12.9. The van der Waals surface area contributed by atoms with Crippen molar-refractivity contribution in [1.29, 1.82) is 0 Å². The molecule has 0 radical (unpaired) electrons. The molecular weight excluding hydrogens is 466 g/mol. The van der Waals surface area contributed by atoms with Gasteiger partial charge in [0.15, 0.2) is 0 Å². The summed E-state index contributed by atoms with van der Waals surface area (Å²) in [6.45, 7) is 7.14. The number of aromatic hydroxyl groups is 1. The fourth-order valence-electron chi connectivity index (χ4n) is 3.47. The highest BCUT2D eigenvalue weighted by Gasteiger charge is 2.28. The molecule has 0 fully saturated rings. The Morgan fingerprint density at radius 2 is 1.67 bits per heavy atom. The van der Waals surface area contributed by atoms with Gasteiger partial charge in [0, 0.05) is 6.42 Å². The second-order valence-corrected chi connectivity index (χ2v) is 9.23. The molecular formula is C26H41N3O7. The van der Waals surface area contributed by atoms with Crippen molar-refractivity contribution < 1.29 is 34.1 Å². The molecule has 0 saturated carbocycles. The normalized spacial score (nSPS) is 15.1. The third-order valence-corrected chi connectivity index (χ3v) is 6.11. The van der Waals surface area contributed by atoms with E-state index in [1.165, 1.54) is 19.1 Å². The minimum Gasteiger partial charge on any atom is -0.508 e. The number of hydrogen-bond donors (Lipinski definition) is 5. The number of phenols is 1. The number of unbranched alkanes of at least 4 members (excludes halogenated alkanes) is 2. The van der Waals surface area contributed by atoms with E-state index >= 15 is 0 Å². The lowest BCUT2D eigenvalue weighted by molar-refractivity contribution is -0.153. The molecule has 10 heteroatoms. The van der Waals surface area contributed by atoms with Crippen LogP contribution in [0, 0.1) is 5.92 Å². The third-order valence-electron chi connectivity index (χ3n) is 6.11. The standard InChI is InChI=1S/C26H41N3O7/c1-5-7-8-9-20(36-26(35)23(27)16(3)6-2)15-22(31)29-21(24(32)28-17(4)25(33)34)14-18-10-12-19(30)13-11-18/h10-13,16-17,20-21,23,30H,5-9,14-15,27H2,1-4H3,(H,28,32)(H,29,31)(H,33,34)/t16-,17-,20+,21-,23+/m0/s1. The third kappa shape index (κ3) is 11.1. The van der Waals surface area contributed by atoms with Gasteiger partial charge in [-0.15, -0.1) is 0 Å². The van der Waals surface area contributed by atoms with E-state index in [2.05, 4.69) is 10.6 Å². The molecule has 0 bridgehead atoms. The molecule has 0 aliphatic carbocycles. The lowest BCUT2D eigenvalue weighted by atomic mass is 10.00. The van der Waals surface area contributed by atoms with Gasteiger partial charge in [0.25, 0.3) is 0 Å². The van der Waals surface area contributed by atoms with Crippen molar-refractivity contribution >= 4 is 23.8 Å². The molecule has 0 heterocycles. The van der Waals surface area contributed by atoms with Crippen molar-refractivity contribution in [3.05, 3.63) is 29.8 Å². The Morgan fingerprint density at radius 3 is 2.22 bits per heavy atom. The van der Waals surface area contributed by atoms with Crippen molar-refractivity contribution in [3.8, 4) is 5.75 Å². The maximum Gasteiger partial charge on any atom is 0.325 e. The van der Waals surface area contributed by atoms with Crippen LogP contribution < -0.4 is 16.4 Å². The molecule has 0 spiro atoms. The molecule has 5 atom stereocenters. The van der Waals surface area contributed by atoms with Crippen molar-refractivity contribution in [3.63, 3.8) is 0 Å². The number of esters is 1. The molecule has 1 aromatic rings. The Hall–Kier alpha value is -3.14. The first-order valence-electron chi connectivity index (χ1n) is 12.5. The molecule has 1 rings (SSSR count). The molecule has 0 aromatic heterocycles. The van der Waals surface area contributed by atoms with Gasteiger partial charge in [-0.3, -0.25) is 19.2 Å². The number of phenolic OH excluding ortho intramolecular Hbond substituents is 1. The van der Waals surface area contributed by atoms with Crippen LogP contribution in [0.2, 0.25) is 0 Å². The fraction of sp³-hybridized carbons (Fsp3) is 0.615. The number of carboxylic acids is 1. The number of ether oxygens (including phenoxy) is 1. The Morgan fingerprint density at radius 1 is 1.03 bits per heavy atom. The summed E-state index contributed by atoms with van der Waals surface area (Å²) in [4.78, 5) is 49.5. The zero-order chi connectivity index (χ0) is 27.3. The Balaban J connectivity index is 2.97. The second-order valence-electron chi connectivity index (χ2n) is 9.23. The van der Waals surface area contributed by atoms with Crippen LogP contribution in [-0.4, -0.2) is 58.2 Å². The van der Waals surface area contributed by atoms with Crippen molar-refractivity contribution in [2.75, 3.05) is 0 Å². The van der Waals surface area contributed by atoms with Gasteiger partial charge in [0.05, 0.1) is 6.42 Å². The Kier molecular flexibility index (Phi) is 13.5. The first-order valence-corrected chi connectivity index (χ1v) is 12.5. The van der Waals surface area contributed by atoms with E-state index in [4.69, 9.17) is 15.6 Å². The van der Waals surface area contributed by atoms with Crippen LogP contribution in [0.4, 0.5) is 0 Å².